The van der Waals surface area contributed by atoms with Gasteiger partial charge in [0.1, 0.15) is 11.6 Å². The predicted molar refractivity (Wildman–Crippen MR) is 271 cm³/mol. The van der Waals surface area contributed by atoms with Gasteiger partial charge in [-0.2, -0.15) is 0 Å². The Kier molecular flexibility index (Phi) is 11.4. The second kappa shape index (κ2) is 16.0. The molecule has 9 rings (SSSR count). The number of benzene rings is 5. The number of thiophene rings is 1. The number of aromatic hydroxyl groups is 1. The maximum absolute atomic E-state index is 11.9. The number of nitrogens with zero attached hydrogens (tertiary/aromatic N) is 3. The second-order valence-electron chi connectivity index (χ2n) is 21.8. The van der Waals surface area contributed by atoms with Gasteiger partial charge >= 0.3 is 0 Å². The van der Waals surface area contributed by atoms with Gasteiger partial charge in [-0.05, 0) is 121 Å². The molecule has 3 aromatic heterocycles. The number of aromatic nitrogens is 3. The molecule has 0 spiro atoms. The van der Waals surface area contributed by atoms with Gasteiger partial charge < -0.3 is 5.11 Å². The molecule has 1 N–H and O–H groups in total. The second-order valence-corrected chi connectivity index (χ2v) is 22.9. The maximum atomic E-state index is 11.9. The number of phenols is 1. The molecule has 0 fully saturated rings. The van der Waals surface area contributed by atoms with Crippen LogP contribution in [0.3, 0.4) is 0 Å². The zero-order valence-electron chi connectivity index (χ0n) is 40.3. The molecular formula is C57H61BN3OPtS-. The molecule has 7 heteroatoms. The van der Waals surface area contributed by atoms with E-state index in [0.717, 1.165) is 68.0 Å². The number of hydrogen-bond donors (Lipinski definition) is 1. The third-order valence-electron chi connectivity index (χ3n) is 13.2. The third kappa shape index (κ3) is 7.81. The summed E-state index contributed by atoms with van der Waals surface area (Å²) in [6, 6.07) is 31.2. The average Bonchev–Trinajstić information content (AvgIpc) is 3.73. The minimum atomic E-state index is -0.148. The number of rotatable bonds is 5. The molecule has 0 bridgehead atoms. The Bertz CT molecular complexity index is 3160. The molecule has 0 unspecified atom stereocenters. The number of pyridine rings is 1. The van der Waals surface area contributed by atoms with Gasteiger partial charge in [-0.15, -0.1) is 40.7 Å². The van der Waals surface area contributed by atoms with Crippen LogP contribution < -0.4 is 16.4 Å². The van der Waals surface area contributed by atoms with E-state index in [2.05, 4.69) is 174 Å². The van der Waals surface area contributed by atoms with Crippen LogP contribution >= 0.6 is 11.3 Å². The van der Waals surface area contributed by atoms with Crippen molar-refractivity contribution in [3.8, 4) is 45.2 Å². The van der Waals surface area contributed by atoms with E-state index in [1.54, 1.807) is 0 Å². The first-order valence-electron chi connectivity index (χ1n) is 22.5. The van der Waals surface area contributed by atoms with Crippen LogP contribution in [0.5, 0.6) is 5.75 Å². The zero-order chi connectivity index (χ0) is 45.2. The molecule has 0 amide bonds. The number of fused-ring (bicyclic) bond motifs is 3. The van der Waals surface area contributed by atoms with Gasteiger partial charge in [-0.1, -0.05) is 138 Å². The van der Waals surface area contributed by atoms with Crippen LogP contribution in [0, 0.1) is 53.0 Å². The molecule has 5 aromatic carbocycles. The summed E-state index contributed by atoms with van der Waals surface area (Å²) < 4.78 is 3.56. The number of imidazole rings is 1. The van der Waals surface area contributed by atoms with E-state index in [4.69, 9.17) is 9.97 Å². The molecule has 4 heterocycles. The SMILES string of the molecule is Cc1cc(C)c(B2c3cc(C(C)(C)C)ccc3-n3c(-c4cc(C)cc(C)c4O)nc4c(-c5[c-]c(-c6nccc7c(C)c(CC(C)(C)C)sc67)cc(C(C)(C)C)c5)ccc2c43)c(C)c1.[Pt]. The summed E-state index contributed by atoms with van der Waals surface area (Å²) in [6.45, 7) is 33.7. The van der Waals surface area contributed by atoms with Gasteiger partial charge in [0.05, 0.1) is 16.6 Å². The van der Waals surface area contributed by atoms with Crippen molar-refractivity contribution in [2.75, 3.05) is 0 Å². The summed E-state index contributed by atoms with van der Waals surface area (Å²) in [5, 5.41) is 13.2. The summed E-state index contributed by atoms with van der Waals surface area (Å²) in [4.78, 5) is 12.2. The zero-order valence-corrected chi connectivity index (χ0v) is 43.4. The van der Waals surface area contributed by atoms with Gasteiger partial charge in [0, 0.05) is 48.2 Å². The van der Waals surface area contributed by atoms with Crippen molar-refractivity contribution < 1.29 is 26.2 Å². The minimum Gasteiger partial charge on any atom is -0.507 e. The Morgan fingerprint density at radius 2 is 1.33 bits per heavy atom. The number of aryl methyl sites for hydroxylation is 6. The monoisotopic (exact) mass is 1040 g/mol. The van der Waals surface area contributed by atoms with E-state index in [1.807, 2.05) is 30.5 Å². The van der Waals surface area contributed by atoms with E-state index < -0.39 is 0 Å². The Hall–Kier alpha value is -4.77. The van der Waals surface area contributed by atoms with Crippen LogP contribution in [-0.2, 0) is 38.3 Å². The van der Waals surface area contributed by atoms with Crippen LogP contribution in [0.25, 0.3) is 60.6 Å². The van der Waals surface area contributed by atoms with Crippen molar-refractivity contribution in [3.05, 3.63) is 134 Å². The Balaban J connectivity index is 0.00000560. The molecule has 0 saturated heterocycles. The molecule has 1 aliphatic heterocycles. The molecule has 0 saturated carbocycles. The Morgan fingerprint density at radius 1 is 0.688 bits per heavy atom. The molecule has 64 heavy (non-hydrogen) atoms. The first-order chi connectivity index (χ1) is 29.5. The third-order valence-corrected chi connectivity index (χ3v) is 14.5. The Morgan fingerprint density at radius 3 is 1.98 bits per heavy atom. The van der Waals surface area contributed by atoms with Crippen LogP contribution in [0.4, 0.5) is 0 Å². The van der Waals surface area contributed by atoms with E-state index in [-0.39, 0.29) is 49.8 Å². The van der Waals surface area contributed by atoms with Crippen LogP contribution in [-0.4, -0.2) is 26.4 Å². The Labute approximate surface area is 400 Å². The number of phenolic OH excluding ortho intramolecular Hbond substituents is 1. The minimum absolute atomic E-state index is 0. The first kappa shape index (κ1) is 45.8. The van der Waals surface area contributed by atoms with Crippen molar-refractivity contribution in [1.29, 1.82) is 0 Å². The van der Waals surface area contributed by atoms with E-state index >= 15 is 0 Å². The van der Waals surface area contributed by atoms with Crippen LogP contribution in [0.15, 0.2) is 79.0 Å². The van der Waals surface area contributed by atoms with Crippen LogP contribution in [0.2, 0.25) is 0 Å². The van der Waals surface area contributed by atoms with E-state index in [9.17, 15) is 5.11 Å². The van der Waals surface area contributed by atoms with Gasteiger partial charge in [-0.3, -0.25) is 9.55 Å². The van der Waals surface area contributed by atoms with Gasteiger partial charge in [0.15, 0.2) is 0 Å². The average molecular weight is 1040 g/mol. The molecular weight excluding hydrogens is 981 g/mol. The van der Waals surface area contributed by atoms with Gasteiger partial charge in [0.2, 0.25) is 6.71 Å². The number of hydrogen-bond acceptors (Lipinski definition) is 4. The fourth-order valence-electron chi connectivity index (χ4n) is 10.1. The van der Waals surface area contributed by atoms with Crippen molar-refractivity contribution in [2.24, 2.45) is 5.41 Å². The van der Waals surface area contributed by atoms with Gasteiger partial charge in [-0.25, -0.2) is 4.98 Å². The fourth-order valence-corrected chi connectivity index (χ4v) is 11.7. The molecule has 0 atom stereocenters. The molecule has 8 aromatic rings. The molecule has 330 valence electrons. The predicted octanol–water partition coefficient (Wildman–Crippen LogP) is 13.0. The normalized spacial score (nSPS) is 12.9. The molecule has 0 radical (unpaired) electrons. The summed E-state index contributed by atoms with van der Waals surface area (Å²) in [5.74, 6) is 0.998. The fraction of sp³-hybridized carbons (Fsp3) is 0.333. The maximum Gasteiger partial charge on any atom is 0.247 e. The topological polar surface area (TPSA) is 50.9 Å². The first-order valence-corrected chi connectivity index (χ1v) is 23.4. The van der Waals surface area contributed by atoms with Crippen molar-refractivity contribution in [3.63, 3.8) is 0 Å². The van der Waals surface area contributed by atoms with Gasteiger partial charge in [0.25, 0.3) is 0 Å². The van der Waals surface area contributed by atoms with Crippen LogP contribution in [0.1, 0.15) is 112 Å². The standard InChI is InChI=1S/C57H61BN3OS.Pt/c1-31-22-33(3)48(34(4)23-31)58-44-18-17-42(37-26-38(28-40(27-37)57(13,14)15)49-53-41(20-21-59-49)36(6)47(63-53)30-55(7,8)9)50-51(44)61(46-19-16-39(29-45(46)58)56(10,11)12)54(60-50)43-25-32(2)24-35(5)52(43)62;/h16-25,27-29,62H,30H2,1-15H3;/q-1;. The summed E-state index contributed by atoms with van der Waals surface area (Å²) in [6.07, 6.45) is 2.99. The van der Waals surface area contributed by atoms with Crippen molar-refractivity contribution >= 4 is 55.6 Å². The van der Waals surface area contributed by atoms with Crippen molar-refractivity contribution in [2.45, 2.75) is 121 Å². The summed E-state index contributed by atoms with van der Waals surface area (Å²) >= 11 is 1.88. The molecule has 1 aliphatic rings. The quantitative estimate of drug-likeness (QED) is 0.138. The van der Waals surface area contributed by atoms with E-state index in [1.165, 1.54) is 64.7 Å². The summed E-state index contributed by atoms with van der Waals surface area (Å²) in [7, 11) is 0. The smallest absolute Gasteiger partial charge is 0.247 e. The molecule has 0 aliphatic carbocycles. The largest absolute Gasteiger partial charge is 0.507 e. The molecule has 4 nitrogen and oxygen atoms in total. The summed E-state index contributed by atoms with van der Waals surface area (Å²) in [5.41, 5.74) is 21.1. The van der Waals surface area contributed by atoms with E-state index in [0.29, 0.717) is 0 Å². The van der Waals surface area contributed by atoms with Crippen molar-refractivity contribution in [1.82, 2.24) is 14.5 Å².